The minimum atomic E-state index is -0.0345. The Morgan fingerprint density at radius 3 is 2.52 bits per heavy atom. The van der Waals surface area contributed by atoms with E-state index >= 15 is 0 Å². The summed E-state index contributed by atoms with van der Waals surface area (Å²) >= 11 is 6.19. The highest BCUT2D eigenvalue weighted by Gasteiger charge is 2.62. The van der Waals surface area contributed by atoms with Crippen molar-refractivity contribution in [1.82, 2.24) is 4.98 Å². The van der Waals surface area contributed by atoms with E-state index < -0.39 is 0 Å². The maximum absolute atomic E-state index is 12.8. The van der Waals surface area contributed by atoms with E-state index in [2.05, 4.69) is 38.7 Å². The van der Waals surface area contributed by atoms with Gasteiger partial charge in [0, 0.05) is 40.5 Å². The number of halogens is 1. The van der Waals surface area contributed by atoms with Crippen LogP contribution < -0.4 is 4.74 Å². The molecule has 2 aromatic rings. The maximum Gasteiger partial charge on any atom is 0.168 e. The van der Waals surface area contributed by atoms with Gasteiger partial charge in [-0.05, 0) is 49.9 Å². The lowest BCUT2D eigenvalue weighted by atomic mass is 9.44. The molecule has 0 bridgehead atoms. The van der Waals surface area contributed by atoms with Crippen LogP contribution in [0, 0.1) is 40.9 Å². The molecule has 0 aliphatic heterocycles. The number of pyridine rings is 1. The third kappa shape index (κ3) is 3.64. The van der Waals surface area contributed by atoms with Crippen LogP contribution in [0.5, 0.6) is 5.75 Å². The smallest absolute Gasteiger partial charge is 0.168 e. The van der Waals surface area contributed by atoms with Gasteiger partial charge >= 0.3 is 0 Å². The van der Waals surface area contributed by atoms with E-state index in [1.165, 1.54) is 0 Å². The summed E-state index contributed by atoms with van der Waals surface area (Å²) in [5, 5.41) is 9.50. The molecule has 0 saturated heterocycles. The molecule has 162 valence electrons. The molecular weight excluding hydrogens is 408 g/mol. The Kier molecular flexibility index (Phi) is 5.38. The summed E-state index contributed by atoms with van der Waals surface area (Å²) < 4.78 is 6.38. The monoisotopic (exact) mass is 436 g/mol. The van der Waals surface area contributed by atoms with Crippen molar-refractivity contribution >= 4 is 17.4 Å². The van der Waals surface area contributed by atoms with Crippen molar-refractivity contribution in [2.45, 2.75) is 60.0 Å². The van der Waals surface area contributed by atoms with Gasteiger partial charge in [-0.1, -0.05) is 39.3 Å². The highest BCUT2D eigenvalue weighted by Crippen LogP contribution is 2.62. The van der Waals surface area contributed by atoms with Gasteiger partial charge in [0.05, 0.1) is 16.3 Å². The first-order valence-electron chi connectivity index (χ1n) is 10.9. The van der Waals surface area contributed by atoms with Gasteiger partial charge in [0.2, 0.25) is 0 Å². The third-order valence-corrected chi connectivity index (χ3v) is 7.77. The van der Waals surface area contributed by atoms with Crippen LogP contribution in [0.25, 0.3) is 0 Å². The van der Waals surface area contributed by atoms with Crippen LogP contribution in [0.2, 0.25) is 5.02 Å². The van der Waals surface area contributed by atoms with Crippen LogP contribution >= 0.6 is 11.6 Å². The number of carbonyl (C=O) groups excluding carboxylic acids is 1. The predicted molar refractivity (Wildman–Crippen MR) is 121 cm³/mol. The fraction of sp³-hybridized carbons (Fsp3) is 0.500. The summed E-state index contributed by atoms with van der Waals surface area (Å²) in [6.07, 6.45) is 2.64. The zero-order chi connectivity index (χ0) is 22.6. The summed E-state index contributed by atoms with van der Waals surface area (Å²) in [7, 11) is 0. The molecule has 1 fully saturated rings. The SMILES string of the molecule is Cc1ccc2c(n1)CC(CC[C@H]1C(C)(C)[C@H](Oc3ccc(C#N)c(Cl)c3)C1(C)C)C2=O. The largest absolute Gasteiger partial charge is 0.489 e. The first-order valence-corrected chi connectivity index (χ1v) is 11.3. The molecule has 1 heterocycles. The Balaban J connectivity index is 1.43. The van der Waals surface area contributed by atoms with Crippen LogP contribution in [0.3, 0.4) is 0 Å². The molecule has 4 nitrogen and oxygen atoms in total. The summed E-state index contributed by atoms with van der Waals surface area (Å²) in [5.74, 6) is 1.41. The van der Waals surface area contributed by atoms with Gasteiger partial charge in [-0.25, -0.2) is 0 Å². The molecule has 1 unspecified atom stereocenters. The number of nitrogens with zero attached hydrogens (tertiary/aromatic N) is 2. The number of aryl methyl sites for hydroxylation is 1. The zero-order valence-corrected chi connectivity index (χ0v) is 19.6. The van der Waals surface area contributed by atoms with E-state index in [1.54, 1.807) is 12.1 Å². The highest BCUT2D eigenvalue weighted by molar-refractivity contribution is 6.31. The van der Waals surface area contributed by atoms with Gasteiger partial charge < -0.3 is 4.74 Å². The predicted octanol–water partition coefficient (Wildman–Crippen LogP) is 6.18. The Morgan fingerprint density at radius 1 is 1.16 bits per heavy atom. The lowest BCUT2D eigenvalue weighted by Gasteiger charge is -2.63. The van der Waals surface area contributed by atoms with Gasteiger partial charge in [-0.3, -0.25) is 9.78 Å². The molecule has 1 aromatic carbocycles. The number of rotatable bonds is 5. The average molecular weight is 437 g/mol. The van der Waals surface area contributed by atoms with Crippen molar-refractivity contribution in [3.8, 4) is 11.8 Å². The maximum atomic E-state index is 12.8. The van der Waals surface area contributed by atoms with Crippen molar-refractivity contribution in [3.63, 3.8) is 0 Å². The Morgan fingerprint density at radius 2 is 1.87 bits per heavy atom. The number of carbonyl (C=O) groups is 1. The van der Waals surface area contributed by atoms with E-state index in [4.69, 9.17) is 21.6 Å². The molecule has 0 N–H and O–H groups in total. The van der Waals surface area contributed by atoms with Gasteiger partial charge in [0.25, 0.3) is 0 Å². The van der Waals surface area contributed by atoms with Crippen LogP contribution in [-0.2, 0) is 6.42 Å². The van der Waals surface area contributed by atoms with E-state index in [1.807, 2.05) is 25.1 Å². The Labute approximate surface area is 189 Å². The van der Waals surface area contributed by atoms with Crippen LogP contribution in [0.4, 0.5) is 0 Å². The van der Waals surface area contributed by atoms with Crippen LogP contribution in [-0.4, -0.2) is 16.9 Å². The summed E-state index contributed by atoms with van der Waals surface area (Å²) in [6, 6.07) is 11.2. The minimum Gasteiger partial charge on any atom is -0.489 e. The molecule has 0 radical (unpaired) electrons. The molecule has 5 heteroatoms. The number of hydrogen-bond acceptors (Lipinski definition) is 4. The van der Waals surface area contributed by atoms with E-state index in [0.717, 1.165) is 36.2 Å². The van der Waals surface area contributed by atoms with Crippen LogP contribution in [0.15, 0.2) is 30.3 Å². The average Bonchev–Trinajstić information content (AvgIpc) is 3.00. The van der Waals surface area contributed by atoms with Crippen molar-refractivity contribution in [3.05, 3.63) is 57.9 Å². The molecule has 1 aromatic heterocycles. The summed E-state index contributed by atoms with van der Waals surface area (Å²) in [4.78, 5) is 17.4. The minimum absolute atomic E-state index is 0.0230. The van der Waals surface area contributed by atoms with E-state index in [-0.39, 0.29) is 28.6 Å². The molecular formula is C26H29ClN2O2. The molecule has 1 atom stereocenters. The number of fused-ring (bicyclic) bond motifs is 1. The van der Waals surface area contributed by atoms with Crippen molar-refractivity contribution < 1.29 is 9.53 Å². The molecule has 0 spiro atoms. The second-order valence-electron chi connectivity index (χ2n) is 10.2. The van der Waals surface area contributed by atoms with Gasteiger partial charge in [-0.2, -0.15) is 5.26 Å². The molecule has 2 aliphatic rings. The second-order valence-corrected chi connectivity index (χ2v) is 10.6. The second kappa shape index (κ2) is 7.64. The number of aromatic nitrogens is 1. The molecule has 0 amide bonds. The first kappa shape index (κ1) is 21.8. The molecule has 2 aliphatic carbocycles. The standard InChI is InChI=1S/C26H29ClN2O2/c1-15-6-10-19-21(29-15)12-16(23(19)30)8-11-22-25(2,3)24(26(22,4)5)31-18-9-7-17(14-28)20(27)13-18/h6-7,9-10,13,16,22,24H,8,11-12H2,1-5H3/t16?,22-,24-. The lowest BCUT2D eigenvalue weighted by molar-refractivity contribution is -0.201. The van der Waals surface area contributed by atoms with Crippen LogP contribution in [0.1, 0.15) is 67.8 Å². The normalized spacial score (nSPS) is 25.5. The van der Waals surface area contributed by atoms with Gasteiger partial charge in [0.1, 0.15) is 17.9 Å². The summed E-state index contributed by atoms with van der Waals surface area (Å²) in [5.41, 5.74) is 3.12. The number of hydrogen-bond donors (Lipinski definition) is 0. The highest BCUT2D eigenvalue weighted by atomic mass is 35.5. The third-order valence-electron chi connectivity index (χ3n) is 7.46. The van der Waals surface area contributed by atoms with Crippen molar-refractivity contribution in [2.75, 3.05) is 0 Å². The number of ketones is 1. The molecule has 31 heavy (non-hydrogen) atoms. The molecule has 1 saturated carbocycles. The van der Waals surface area contributed by atoms with E-state index in [0.29, 0.717) is 22.3 Å². The number of Topliss-reactive ketones (excluding diaryl/α,β-unsaturated/α-hetero) is 1. The van der Waals surface area contributed by atoms with Gasteiger partial charge in [0.15, 0.2) is 5.78 Å². The molecule has 4 rings (SSSR count). The number of nitriles is 1. The first-order chi connectivity index (χ1) is 14.6. The zero-order valence-electron chi connectivity index (χ0n) is 18.8. The van der Waals surface area contributed by atoms with E-state index in [9.17, 15) is 4.79 Å². The topological polar surface area (TPSA) is 63.0 Å². The lowest BCUT2D eigenvalue weighted by Crippen LogP contribution is -2.65. The van der Waals surface area contributed by atoms with Crippen molar-refractivity contribution in [2.24, 2.45) is 22.7 Å². The van der Waals surface area contributed by atoms with Gasteiger partial charge in [-0.15, -0.1) is 0 Å². The fourth-order valence-electron chi connectivity index (χ4n) is 6.17. The quantitative estimate of drug-likeness (QED) is 0.561. The Bertz CT molecular complexity index is 1070. The fourth-order valence-corrected chi connectivity index (χ4v) is 6.38. The van der Waals surface area contributed by atoms with Crippen molar-refractivity contribution in [1.29, 1.82) is 5.26 Å². The number of ether oxygens (including phenoxy) is 1. The summed E-state index contributed by atoms with van der Waals surface area (Å²) in [6.45, 7) is 11.0. The Hall–Kier alpha value is -2.38. The number of benzene rings is 1.